The average Bonchev–Trinajstić information content (AvgIpc) is 2.72. The minimum absolute atomic E-state index is 0.0132. The van der Waals surface area contributed by atoms with E-state index in [2.05, 4.69) is 22.3 Å². The highest BCUT2D eigenvalue weighted by Crippen LogP contribution is 2.28. The zero-order chi connectivity index (χ0) is 20.4. The van der Waals surface area contributed by atoms with Crippen LogP contribution in [0.15, 0.2) is 35.2 Å². The zero-order valence-electron chi connectivity index (χ0n) is 16.4. The molecule has 0 unspecified atom stereocenters. The molecule has 1 aliphatic carbocycles. The lowest BCUT2D eigenvalue weighted by Gasteiger charge is -2.27. The number of carbonyl (C=O) groups is 2. The number of sulfonamides is 1. The van der Waals surface area contributed by atoms with Crippen LogP contribution in [0.4, 0.5) is 0 Å². The molecule has 0 saturated heterocycles. The molecule has 1 aliphatic rings. The largest absolute Gasteiger partial charge is 0.355 e. The van der Waals surface area contributed by atoms with E-state index in [1.54, 1.807) is 30.3 Å². The summed E-state index contributed by atoms with van der Waals surface area (Å²) in [6.45, 7) is 3.08. The van der Waals surface area contributed by atoms with Crippen molar-refractivity contribution in [3.05, 3.63) is 30.3 Å². The van der Waals surface area contributed by atoms with Crippen molar-refractivity contribution in [2.75, 3.05) is 19.6 Å². The fraction of sp³-hybridized carbons (Fsp3) is 0.600. The van der Waals surface area contributed by atoms with Crippen molar-refractivity contribution in [1.29, 1.82) is 0 Å². The number of nitrogens with one attached hydrogen (secondary N) is 3. The quantitative estimate of drug-likeness (QED) is 0.513. The van der Waals surface area contributed by atoms with E-state index in [0.29, 0.717) is 25.9 Å². The van der Waals surface area contributed by atoms with Crippen LogP contribution in [-0.4, -0.2) is 39.9 Å². The SMILES string of the molecule is CCCCNC(=O)CNC(=O)C1CCC(CNS(=O)(=O)c2ccccc2)CC1. The lowest BCUT2D eigenvalue weighted by Crippen LogP contribution is -2.41. The molecule has 3 N–H and O–H groups in total. The fourth-order valence-corrected chi connectivity index (χ4v) is 4.46. The van der Waals surface area contributed by atoms with Gasteiger partial charge in [0.05, 0.1) is 11.4 Å². The second-order valence-electron chi connectivity index (χ2n) is 7.30. The summed E-state index contributed by atoms with van der Waals surface area (Å²) in [4.78, 5) is 24.2. The lowest BCUT2D eigenvalue weighted by molar-refractivity contribution is -0.129. The van der Waals surface area contributed by atoms with Crippen LogP contribution in [0.25, 0.3) is 0 Å². The third kappa shape index (κ3) is 7.24. The van der Waals surface area contributed by atoms with Crippen molar-refractivity contribution in [3.8, 4) is 0 Å². The van der Waals surface area contributed by atoms with Crippen LogP contribution in [0.3, 0.4) is 0 Å². The number of rotatable bonds is 10. The second-order valence-corrected chi connectivity index (χ2v) is 9.07. The van der Waals surface area contributed by atoms with Crippen molar-refractivity contribution in [2.45, 2.75) is 50.3 Å². The fourth-order valence-electron chi connectivity index (χ4n) is 3.32. The molecule has 156 valence electrons. The minimum atomic E-state index is -3.49. The number of benzene rings is 1. The Labute approximate surface area is 167 Å². The third-order valence-corrected chi connectivity index (χ3v) is 6.55. The zero-order valence-corrected chi connectivity index (χ0v) is 17.3. The molecule has 2 rings (SSSR count). The average molecular weight is 410 g/mol. The maximum absolute atomic E-state index is 12.3. The molecule has 28 heavy (non-hydrogen) atoms. The summed E-state index contributed by atoms with van der Waals surface area (Å²) in [5, 5.41) is 5.48. The van der Waals surface area contributed by atoms with Gasteiger partial charge in [-0.2, -0.15) is 0 Å². The van der Waals surface area contributed by atoms with Gasteiger partial charge in [-0.05, 0) is 50.2 Å². The normalized spacial score (nSPS) is 19.8. The molecular weight excluding hydrogens is 378 g/mol. The van der Waals surface area contributed by atoms with Gasteiger partial charge in [-0.3, -0.25) is 9.59 Å². The maximum atomic E-state index is 12.3. The van der Waals surface area contributed by atoms with E-state index in [-0.39, 0.29) is 35.1 Å². The molecule has 0 radical (unpaired) electrons. The molecule has 1 fully saturated rings. The van der Waals surface area contributed by atoms with Crippen molar-refractivity contribution >= 4 is 21.8 Å². The van der Waals surface area contributed by atoms with Crippen molar-refractivity contribution in [3.63, 3.8) is 0 Å². The van der Waals surface area contributed by atoms with Gasteiger partial charge in [0, 0.05) is 19.0 Å². The molecule has 0 spiro atoms. The Morgan fingerprint density at radius 3 is 2.36 bits per heavy atom. The summed E-state index contributed by atoms with van der Waals surface area (Å²) in [6.07, 6.45) is 4.94. The highest BCUT2D eigenvalue weighted by molar-refractivity contribution is 7.89. The Morgan fingerprint density at radius 1 is 1.04 bits per heavy atom. The predicted molar refractivity (Wildman–Crippen MR) is 108 cm³/mol. The van der Waals surface area contributed by atoms with Crippen molar-refractivity contribution in [1.82, 2.24) is 15.4 Å². The lowest BCUT2D eigenvalue weighted by atomic mass is 9.81. The van der Waals surface area contributed by atoms with E-state index >= 15 is 0 Å². The first-order valence-corrected chi connectivity index (χ1v) is 11.5. The topological polar surface area (TPSA) is 104 Å². The number of carbonyl (C=O) groups excluding carboxylic acids is 2. The van der Waals surface area contributed by atoms with Gasteiger partial charge in [-0.15, -0.1) is 0 Å². The standard InChI is InChI=1S/C20H31N3O4S/c1-2-3-13-21-19(24)15-22-20(25)17-11-9-16(10-12-17)14-23-28(26,27)18-7-5-4-6-8-18/h4-8,16-17,23H,2-3,9-15H2,1H3,(H,21,24)(H,22,25). The summed E-state index contributed by atoms with van der Waals surface area (Å²) in [5.41, 5.74) is 0. The van der Waals surface area contributed by atoms with Gasteiger partial charge in [-0.25, -0.2) is 13.1 Å². The van der Waals surface area contributed by atoms with Crippen molar-refractivity contribution < 1.29 is 18.0 Å². The second kappa shape index (κ2) is 11.2. The van der Waals surface area contributed by atoms with E-state index in [4.69, 9.17) is 0 Å². The molecule has 1 aromatic carbocycles. The van der Waals surface area contributed by atoms with E-state index in [1.807, 2.05) is 0 Å². The third-order valence-electron chi connectivity index (χ3n) is 5.11. The van der Waals surface area contributed by atoms with E-state index in [1.165, 1.54) is 0 Å². The summed E-state index contributed by atoms with van der Waals surface area (Å²) >= 11 is 0. The minimum Gasteiger partial charge on any atom is -0.355 e. The summed E-state index contributed by atoms with van der Waals surface area (Å²) in [5.74, 6) is -0.134. The van der Waals surface area contributed by atoms with Gasteiger partial charge < -0.3 is 10.6 Å². The molecule has 2 amide bonds. The maximum Gasteiger partial charge on any atom is 0.240 e. The van der Waals surface area contributed by atoms with Crippen LogP contribution in [0, 0.1) is 11.8 Å². The van der Waals surface area contributed by atoms with Crippen LogP contribution < -0.4 is 15.4 Å². The van der Waals surface area contributed by atoms with Crippen LogP contribution in [0.2, 0.25) is 0 Å². The Morgan fingerprint density at radius 2 is 1.71 bits per heavy atom. The van der Waals surface area contributed by atoms with Gasteiger partial charge in [-0.1, -0.05) is 31.5 Å². The van der Waals surface area contributed by atoms with Crippen LogP contribution >= 0.6 is 0 Å². The van der Waals surface area contributed by atoms with E-state index in [9.17, 15) is 18.0 Å². The highest BCUT2D eigenvalue weighted by atomic mass is 32.2. The van der Waals surface area contributed by atoms with Gasteiger partial charge in [0.1, 0.15) is 0 Å². The van der Waals surface area contributed by atoms with E-state index < -0.39 is 10.0 Å². The first-order chi connectivity index (χ1) is 13.4. The molecular formula is C20H31N3O4S. The van der Waals surface area contributed by atoms with Crippen molar-refractivity contribution in [2.24, 2.45) is 11.8 Å². The first-order valence-electron chi connectivity index (χ1n) is 10.0. The molecule has 0 aromatic heterocycles. The summed E-state index contributed by atoms with van der Waals surface area (Å²) in [7, 11) is -3.49. The molecule has 7 nitrogen and oxygen atoms in total. The number of unbranched alkanes of at least 4 members (excludes halogenated alkanes) is 1. The van der Waals surface area contributed by atoms with Crippen LogP contribution in [0.5, 0.6) is 0 Å². The molecule has 1 saturated carbocycles. The predicted octanol–water partition coefficient (Wildman–Crippen LogP) is 1.80. The Hall–Kier alpha value is -1.93. The van der Waals surface area contributed by atoms with Gasteiger partial charge in [0.25, 0.3) is 0 Å². The van der Waals surface area contributed by atoms with Crippen LogP contribution in [-0.2, 0) is 19.6 Å². The van der Waals surface area contributed by atoms with E-state index in [0.717, 1.165) is 25.7 Å². The summed E-state index contributed by atoms with van der Waals surface area (Å²) < 4.78 is 27.2. The number of hydrogen-bond donors (Lipinski definition) is 3. The summed E-state index contributed by atoms with van der Waals surface area (Å²) in [6, 6.07) is 8.31. The molecule has 0 aliphatic heterocycles. The molecule has 0 heterocycles. The van der Waals surface area contributed by atoms with Gasteiger partial charge in [0.15, 0.2) is 0 Å². The smallest absolute Gasteiger partial charge is 0.240 e. The van der Waals surface area contributed by atoms with Gasteiger partial charge >= 0.3 is 0 Å². The Kier molecular flexibility index (Phi) is 8.92. The molecule has 8 heteroatoms. The number of hydrogen-bond acceptors (Lipinski definition) is 4. The number of amides is 2. The van der Waals surface area contributed by atoms with Gasteiger partial charge in [0.2, 0.25) is 21.8 Å². The van der Waals surface area contributed by atoms with Crippen LogP contribution in [0.1, 0.15) is 45.4 Å². The molecule has 0 bridgehead atoms. The Balaban J connectivity index is 1.68. The first kappa shape index (κ1) is 22.4. The Bertz CT molecular complexity index is 729. The molecule has 1 aromatic rings. The molecule has 0 atom stereocenters. The monoisotopic (exact) mass is 409 g/mol. The highest BCUT2D eigenvalue weighted by Gasteiger charge is 2.27.